The fourth-order valence-corrected chi connectivity index (χ4v) is 2.22. The number of thioether (sulfide) groups is 1. The van der Waals surface area contributed by atoms with Crippen LogP contribution in [0, 0.1) is 0 Å². The third-order valence-electron chi connectivity index (χ3n) is 2.58. The van der Waals surface area contributed by atoms with Crippen molar-refractivity contribution in [2.75, 3.05) is 16.8 Å². The van der Waals surface area contributed by atoms with Gasteiger partial charge in [-0.1, -0.05) is 6.92 Å². The largest absolute Gasteiger partial charge is 0.399 e. The number of nitrogens with two attached hydrogens (primary N) is 1. The van der Waals surface area contributed by atoms with Gasteiger partial charge in [-0.05, 0) is 31.2 Å². The Morgan fingerprint density at radius 2 is 2.00 bits per heavy atom. The van der Waals surface area contributed by atoms with E-state index < -0.39 is 0 Å². The van der Waals surface area contributed by atoms with E-state index >= 15 is 0 Å². The van der Waals surface area contributed by atoms with E-state index in [4.69, 9.17) is 5.73 Å². The molecule has 0 fully saturated rings. The highest BCUT2D eigenvalue weighted by atomic mass is 32.2. The summed E-state index contributed by atoms with van der Waals surface area (Å²) in [6.45, 7) is 3.71. The number of hydrogen-bond acceptors (Lipinski definition) is 4. The van der Waals surface area contributed by atoms with Gasteiger partial charge in [0.2, 0.25) is 5.91 Å². The van der Waals surface area contributed by atoms with Gasteiger partial charge in [0.15, 0.2) is 0 Å². The highest BCUT2D eigenvalue weighted by molar-refractivity contribution is 7.99. The Morgan fingerprint density at radius 3 is 2.56 bits per heavy atom. The molecule has 0 aliphatic carbocycles. The van der Waals surface area contributed by atoms with Crippen molar-refractivity contribution in [2.45, 2.75) is 31.6 Å². The minimum Gasteiger partial charge on any atom is -0.399 e. The normalized spacial score (nSPS) is 13.9. The average Bonchev–Trinajstić information content (AvgIpc) is 2.32. The van der Waals surface area contributed by atoms with Crippen LogP contribution in [0.25, 0.3) is 0 Å². The van der Waals surface area contributed by atoms with Crippen LogP contribution in [-0.4, -0.2) is 28.1 Å². The van der Waals surface area contributed by atoms with Crippen LogP contribution in [0.4, 0.5) is 11.4 Å². The smallest absolute Gasteiger partial charge is 0.225 e. The van der Waals surface area contributed by atoms with Crippen LogP contribution in [0.2, 0.25) is 0 Å². The number of amides is 1. The van der Waals surface area contributed by atoms with E-state index in [0.29, 0.717) is 17.9 Å². The summed E-state index contributed by atoms with van der Waals surface area (Å²) in [5.74, 6) is 0.678. The van der Waals surface area contributed by atoms with E-state index in [1.807, 2.05) is 6.92 Å². The molecule has 4 nitrogen and oxygen atoms in total. The number of anilines is 2. The van der Waals surface area contributed by atoms with Gasteiger partial charge in [0.1, 0.15) is 0 Å². The van der Waals surface area contributed by atoms with Crippen molar-refractivity contribution in [1.29, 1.82) is 0 Å². The van der Waals surface area contributed by atoms with Gasteiger partial charge in [-0.2, -0.15) is 11.8 Å². The lowest BCUT2D eigenvalue weighted by atomic mass is 10.3. The fourth-order valence-electron chi connectivity index (χ4n) is 1.27. The van der Waals surface area contributed by atoms with Crippen LogP contribution in [0.5, 0.6) is 0 Å². The van der Waals surface area contributed by atoms with Crippen molar-refractivity contribution >= 4 is 29.0 Å². The molecule has 0 bridgehead atoms. The summed E-state index contributed by atoms with van der Waals surface area (Å²) >= 11 is 1.60. The lowest BCUT2D eigenvalue weighted by Crippen LogP contribution is -2.17. The molecule has 100 valence electrons. The maximum Gasteiger partial charge on any atom is 0.225 e. The second kappa shape index (κ2) is 7.28. The Kier molecular flexibility index (Phi) is 6.01. The third-order valence-corrected chi connectivity index (χ3v) is 3.94. The molecule has 2 atom stereocenters. The molecule has 18 heavy (non-hydrogen) atoms. The van der Waals surface area contributed by atoms with Gasteiger partial charge in [-0.3, -0.25) is 4.79 Å². The third kappa shape index (κ3) is 5.42. The summed E-state index contributed by atoms with van der Waals surface area (Å²) in [6, 6.07) is 7.05. The van der Waals surface area contributed by atoms with Crippen molar-refractivity contribution in [1.82, 2.24) is 0 Å². The lowest BCUT2D eigenvalue weighted by molar-refractivity contribution is -0.115. The van der Waals surface area contributed by atoms with Gasteiger partial charge >= 0.3 is 0 Å². The fraction of sp³-hybridized carbons (Fsp3) is 0.462. The zero-order chi connectivity index (χ0) is 13.5. The molecule has 0 saturated carbocycles. The molecular weight excluding hydrogens is 248 g/mol. The second-order valence-corrected chi connectivity index (χ2v) is 5.72. The Balaban J connectivity index is 2.27. The van der Waals surface area contributed by atoms with E-state index in [1.54, 1.807) is 43.0 Å². The van der Waals surface area contributed by atoms with Crippen molar-refractivity contribution in [3.63, 3.8) is 0 Å². The SMILES string of the molecule is CC(O)C(C)SCCC(=O)Nc1ccc(N)cc1. The van der Waals surface area contributed by atoms with Gasteiger partial charge in [-0.15, -0.1) is 0 Å². The highest BCUT2D eigenvalue weighted by Gasteiger charge is 2.10. The quantitative estimate of drug-likeness (QED) is 0.691. The van der Waals surface area contributed by atoms with Gasteiger partial charge in [0.05, 0.1) is 6.10 Å². The number of aliphatic hydroxyl groups is 1. The first-order chi connectivity index (χ1) is 8.49. The van der Waals surface area contributed by atoms with Crippen molar-refractivity contribution in [3.8, 4) is 0 Å². The number of aliphatic hydroxyl groups excluding tert-OH is 1. The Morgan fingerprint density at radius 1 is 1.39 bits per heavy atom. The van der Waals surface area contributed by atoms with Crippen molar-refractivity contribution in [2.24, 2.45) is 0 Å². The maximum atomic E-state index is 11.6. The van der Waals surface area contributed by atoms with Crippen LogP contribution in [0.15, 0.2) is 24.3 Å². The van der Waals surface area contributed by atoms with Gasteiger partial charge in [0, 0.05) is 28.8 Å². The first-order valence-electron chi connectivity index (χ1n) is 5.94. The summed E-state index contributed by atoms with van der Waals surface area (Å²) in [4.78, 5) is 11.6. The second-order valence-electron chi connectivity index (χ2n) is 4.24. The summed E-state index contributed by atoms with van der Waals surface area (Å²) < 4.78 is 0. The first kappa shape index (κ1) is 14.9. The van der Waals surface area contributed by atoms with Crippen molar-refractivity contribution < 1.29 is 9.90 Å². The number of rotatable bonds is 6. The number of hydrogen-bond donors (Lipinski definition) is 3. The first-order valence-corrected chi connectivity index (χ1v) is 6.99. The van der Waals surface area contributed by atoms with Crippen LogP contribution < -0.4 is 11.1 Å². The molecule has 0 heterocycles. The molecular formula is C13H20N2O2S. The number of nitrogens with one attached hydrogen (secondary N) is 1. The van der Waals surface area contributed by atoms with Crippen LogP contribution in [-0.2, 0) is 4.79 Å². The molecule has 4 N–H and O–H groups in total. The molecule has 1 aromatic carbocycles. The number of nitrogen functional groups attached to an aromatic ring is 1. The minimum atomic E-state index is -0.352. The molecule has 0 radical (unpaired) electrons. The molecule has 1 rings (SSSR count). The zero-order valence-corrected chi connectivity index (χ0v) is 11.5. The molecule has 1 amide bonds. The van der Waals surface area contributed by atoms with E-state index in [9.17, 15) is 9.90 Å². The monoisotopic (exact) mass is 268 g/mol. The Hall–Kier alpha value is -1.20. The molecule has 1 aromatic rings. The van der Waals surface area contributed by atoms with Gasteiger partial charge in [-0.25, -0.2) is 0 Å². The molecule has 0 aliphatic rings. The summed E-state index contributed by atoms with van der Waals surface area (Å²) in [5, 5.41) is 12.3. The van der Waals surface area contributed by atoms with E-state index in [2.05, 4.69) is 5.32 Å². The van der Waals surface area contributed by atoms with Crippen LogP contribution >= 0.6 is 11.8 Å². The van der Waals surface area contributed by atoms with E-state index in [0.717, 1.165) is 5.69 Å². The highest BCUT2D eigenvalue weighted by Crippen LogP contribution is 2.16. The Bertz CT molecular complexity index is 379. The van der Waals surface area contributed by atoms with Crippen molar-refractivity contribution in [3.05, 3.63) is 24.3 Å². The summed E-state index contributed by atoms with van der Waals surface area (Å²) in [5.41, 5.74) is 6.99. The number of carbonyl (C=O) groups excluding carboxylic acids is 1. The summed E-state index contributed by atoms with van der Waals surface area (Å²) in [6.07, 6.45) is 0.0849. The van der Waals surface area contributed by atoms with E-state index in [1.165, 1.54) is 0 Å². The predicted molar refractivity (Wildman–Crippen MR) is 77.7 cm³/mol. The molecule has 0 saturated heterocycles. The molecule has 0 aliphatic heterocycles. The molecule has 2 unspecified atom stereocenters. The standard InChI is InChI=1S/C13H20N2O2S/c1-9(16)10(2)18-8-7-13(17)15-12-5-3-11(14)4-6-12/h3-6,9-10,16H,7-8,14H2,1-2H3,(H,15,17). The van der Waals surface area contributed by atoms with E-state index in [-0.39, 0.29) is 17.3 Å². The molecule has 0 aromatic heterocycles. The van der Waals surface area contributed by atoms with Gasteiger partial charge < -0.3 is 16.2 Å². The number of benzene rings is 1. The lowest BCUT2D eigenvalue weighted by Gasteiger charge is -2.13. The zero-order valence-electron chi connectivity index (χ0n) is 10.7. The topological polar surface area (TPSA) is 75.3 Å². The molecule has 0 spiro atoms. The Labute approximate surface area is 112 Å². The predicted octanol–water partition coefficient (Wildman–Crippen LogP) is 2.10. The van der Waals surface area contributed by atoms with Gasteiger partial charge in [0.25, 0.3) is 0 Å². The maximum absolute atomic E-state index is 11.6. The number of carbonyl (C=O) groups is 1. The average molecular weight is 268 g/mol. The van der Waals surface area contributed by atoms with Crippen LogP contribution in [0.3, 0.4) is 0 Å². The summed E-state index contributed by atoms with van der Waals surface area (Å²) in [7, 11) is 0. The minimum absolute atomic E-state index is 0.0231. The molecule has 5 heteroatoms. The van der Waals surface area contributed by atoms with Crippen LogP contribution in [0.1, 0.15) is 20.3 Å².